The van der Waals surface area contributed by atoms with Crippen molar-refractivity contribution in [3.63, 3.8) is 0 Å². The van der Waals surface area contributed by atoms with E-state index in [1.807, 2.05) is 11.9 Å². The van der Waals surface area contributed by atoms with Crippen LogP contribution in [0.1, 0.15) is 16.8 Å². The molecule has 5 nitrogen and oxygen atoms in total. The Hall–Kier alpha value is -1.62. The molecule has 0 aromatic heterocycles. The van der Waals surface area contributed by atoms with Crippen molar-refractivity contribution in [1.29, 1.82) is 0 Å². The number of carboxylic acid groups (broad SMARTS) is 1. The van der Waals surface area contributed by atoms with Crippen LogP contribution in [0.4, 0.5) is 5.69 Å². The molecule has 98 valence electrons. The van der Waals surface area contributed by atoms with Crippen molar-refractivity contribution >= 4 is 23.3 Å². The van der Waals surface area contributed by atoms with Crippen LogP contribution in [0.2, 0.25) is 5.02 Å². The quantitative estimate of drug-likeness (QED) is 0.894. The van der Waals surface area contributed by atoms with Gasteiger partial charge in [0.15, 0.2) is 11.5 Å². The fraction of sp³-hybridized carbons (Fsp3) is 0.417. The first-order chi connectivity index (χ1) is 8.56. The van der Waals surface area contributed by atoms with E-state index < -0.39 is 5.97 Å². The van der Waals surface area contributed by atoms with Crippen LogP contribution in [0.25, 0.3) is 0 Å². The number of ether oxygens (including phenoxy) is 2. The molecule has 1 N–H and O–H groups in total. The third kappa shape index (κ3) is 2.06. The largest absolute Gasteiger partial charge is 0.494 e. The Balaban J connectivity index is 2.71. The molecule has 1 aromatic carbocycles. The molecule has 1 aromatic rings. The van der Waals surface area contributed by atoms with E-state index in [-0.39, 0.29) is 16.3 Å². The maximum absolute atomic E-state index is 11.4. The van der Waals surface area contributed by atoms with Crippen molar-refractivity contribution in [2.45, 2.75) is 6.42 Å². The van der Waals surface area contributed by atoms with Crippen LogP contribution in [-0.2, 0) is 0 Å². The number of aromatic carboxylic acids is 1. The molecule has 1 aliphatic heterocycles. The summed E-state index contributed by atoms with van der Waals surface area (Å²) >= 11 is 6.06. The second-order valence-corrected chi connectivity index (χ2v) is 4.45. The Morgan fingerprint density at radius 2 is 2.33 bits per heavy atom. The minimum atomic E-state index is -1.11. The Bertz CT molecular complexity index is 489. The normalized spacial score (nSPS) is 14.5. The number of fused-ring (bicyclic) bond motifs is 1. The van der Waals surface area contributed by atoms with Gasteiger partial charge in [-0.15, -0.1) is 0 Å². The van der Waals surface area contributed by atoms with Crippen LogP contribution in [0.3, 0.4) is 0 Å². The molecule has 6 heteroatoms. The highest BCUT2D eigenvalue weighted by Crippen LogP contribution is 2.43. The number of benzene rings is 1. The van der Waals surface area contributed by atoms with Crippen LogP contribution < -0.4 is 14.4 Å². The summed E-state index contributed by atoms with van der Waals surface area (Å²) in [5.41, 5.74) is 0.657. The molecule has 1 heterocycles. The van der Waals surface area contributed by atoms with E-state index in [1.54, 1.807) is 6.07 Å². The van der Waals surface area contributed by atoms with Crippen molar-refractivity contribution in [1.82, 2.24) is 0 Å². The minimum Gasteiger partial charge on any atom is -0.494 e. The van der Waals surface area contributed by atoms with Gasteiger partial charge in [-0.05, 0) is 12.5 Å². The molecule has 0 saturated carbocycles. The number of methoxy groups -OCH3 is 1. The number of rotatable bonds is 2. The number of halogens is 1. The Morgan fingerprint density at radius 1 is 1.61 bits per heavy atom. The van der Waals surface area contributed by atoms with Crippen molar-refractivity contribution in [3.8, 4) is 11.5 Å². The van der Waals surface area contributed by atoms with Crippen molar-refractivity contribution < 1.29 is 19.4 Å². The molecule has 0 aliphatic carbocycles. The highest BCUT2D eigenvalue weighted by molar-refractivity contribution is 6.33. The number of anilines is 1. The van der Waals surface area contributed by atoms with Crippen LogP contribution in [0.5, 0.6) is 11.5 Å². The molecule has 0 unspecified atom stereocenters. The predicted octanol–water partition coefficient (Wildman–Crippen LogP) is 2.27. The summed E-state index contributed by atoms with van der Waals surface area (Å²) in [6.45, 7) is 1.26. The molecular formula is C12H14ClNO4. The van der Waals surface area contributed by atoms with Gasteiger partial charge in [-0.2, -0.15) is 0 Å². The van der Waals surface area contributed by atoms with Gasteiger partial charge < -0.3 is 19.5 Å². The number of nitrogens with zero attached hydrogens (tertiary/aromatic N) is 1. The van der Waals surface area contributed by atoms with E-state index in [4.69, 9.17) is 21.1 Å². The van der Waals surface area contributed by atoms with Crippen molar-refractivity contribution in [2.24, 2.45) is 0 Å². The fourth-order valence-electron chi connectivity index (χ4n) is 2.02. The summed E-state index contributed by atoms with van der Waals surface area (Å²) in [6.07, 6.45) is 0.824. The summed E-state index contributed by atoms with van der Waals surface area (Å²) in [7, 11) is 3.27. The molecule has 0 spiro atoms. The summed E-state index contributed by atoms with van der Waals surface area (Å²) in [5.74, 6) is -0.650. The standard InChI is InChI=1S/C12H14ClNO4/c1-14-4-3-5-18-11-8(14)6-7(13)10(17-2)9(11)12(15)16/h6H,3-5H2,1-2H3,(H,15,16). The van der Waals surface area contributed by atoms with Gasteiger partial charge in [0.1, 0.15) is 5.56 Å². The Morgan fingerprint density at radius 3 is 2.94 bits per heavy atom. The second kappa shape index (κ2) is 4.94. The van der Waals surface area contributed by atoms with E-state index in [1.165, 1.54) is 7.11 Å². The van der Waals surface area contributed by atoms with Crippen LogP contribution in [0, 0.1) is 0 Å². The monoisotopic (exact) mass is 271 g/mol. The Labute approximate surface area is 110 Å². The first-order valence-corrected chi connectivity index (χ1v) is 5.91. The van der Waals surface area contributed by atoms with Crippen LogP contribution in [-0.4, -0.2) is 38.4 Å². The zero-order valence-electron chi connectivity index (χ0n) is 10.2. The smallest absolute Gasteiger partial charge is 0.343 e. The van der Waals surface area contributed by atoms with Gasteiger partial charge in [-0.1, -0.05) is 11.6 Å². The van der Waals surface area contributed by atoms with E-state index >= 15 is 0 Å². The van der Waals surface area contributed by atoms with E-state index in [9.17, 15) is 9.90 Å². The first-order valence-electron chi connectivity index (χ1n) is 5.54. The maximum Gasteiger partial charge on any atom is 0.343 e. The lowest BCUT2D eigenvalue weighted by Gasteiger charge is -2.21. The van der Waals surface area contributed by atoms with Gasteiger partial charge in [0, 0.05) is 13.6 Å². The molecule has 18 heavy (non-hydrogen) atoms. The minimum absolute atomic E-state index is 0.0197. The van der Waals surface area contributed by atoms with Gasteiger partial charge in [0.25, 0.3) is 0 Å². The van der Waals surface area contributed by atoms with Crippen LogP contribution >= 0.6 is 11.6 Å². The summed E-state index contributed by atoms with van der Waals surface area (Å²) in [5, 5.41) is 9.59. The average molecular weight is 272 g/mol. The molecule has 2 rings (SSSR count). The molecular weight excluding hydrogens is 258 g/mol. The predicted molar refractivity (Wildman–Crippen MR) is 68.3 cm³/mol. The molecule has 0 radical (unpaired) electrons. The van der Waals surface area contributed by atoms with E-state index in [0.717, 1.165) is 13.0 Å². The second-order valence-electron chi connectivity index (χ2n) is 4.04. The number of carbonyl (C=O) groups is 1. The van der Waals surface area contributed by atoms with Gasteiger partial charge in [0.05, 0.1) is 24.4 Å². The van der Waals surface area contributed by atoms with Gasteiger partial charge in [-0.25, -0.2) is 4.79 Å². The number of hydrogen-bond donors (Lipinski definition) is 1. The van der Waals surface area contributed by atoms with Gasteiger partial charge >= 0.3 is 5.97 Å². The lowest BCUT2D eigenvalue weighted by molar-refractivity contribution is 0.0688. The molecule has 0 fully saturated rings. The lowest BCUT2D eigenvalue weighted by atomic mass is 10.1. The van der Waals surface area contributed by atoms with E-state index in [2.05, 4.69) is 0 Å². The van der Waals surface area contributed by atoms with Crippen molar-refractivity contribution in [2.75, 3.05) is 32.2 Å². The highest BCUT2D eigenvalue weighted by atomic mass is 35.5. The van der Waals surface area contributed by atoms with Crippen LogP contribution in [0.15, 0.2) is 6.07 Å². The maximum atomic E-state index is 11.4. The number of carboxylic acids is 1. The molecule has 0 amide bonds. The molecule has 0 bridgehead atoms. The summed E-state index contributed by atoms with van der Waals surface area (Å²) in [6, 6.07) is 1.67. The highest BCUT2D eigenvalue weighted by Gasteiger charge is 2.27. The molecule has 0 saturated heterocycles. The molecule has 1 aliphatic rings. The van der Waals surface area contributed by atoms with Gasteiger partial charge in [-0.3, -0.25) is 0 Å². The zero-order chi connectivity index (χ0) is 13.3. The third-order valence-corrected chi connectivity index (χ3v) is 3.16. The average Bonchev–Trinajstić information content (AvgIpc) is 2.50. The lowest BCUT2D eigenvalue weighted by Crippen LogP contribution is -2.18. The third-order valence-electron chi connectivity index (χ3n) is 2.88. The van der Waals surface area contributed by atoms with Gasteiger partial charge in [0.2, 0.25) is 0 Å². The fourth-order valence-corrected chi connectivity index (χ4v) is 2.30. The first kappa shape index (κ1) is 12.8. The Kier molecular flexibility index (Phi) is 3.52. The van der Waals surface area contributed by atoms with Crippen molar-refractivity contribution in [3.05, 3.63) is 16.7 Å². The molecule has 0 atom stereocenters. The summed E-state index contributed by atoms with van der Waals surface area (Å²) in [4.78, 5) is 13.3. The SMILES string of the molecule is COc1c(Cl)cc2c(c1C(=O)O)OCCCN2C. The van der Waals surface area contributed by atoms with E-state index in [0.29, 0.717) is 18.0 Å². The zero-order valence-corrected chi connectivity index (χ0v) is 11.0. The topological polar surface area (TPSA) is 59.0 Å². The number of hydrogen-bond acceptors (Lipinski definition) is 4. The summed E-state index contributed by atoms with van der Waals surface area (Å²) < 4.78 is 10.6.